The molecule has 78 valence electrons. The number of hydrogen-bond acceptors (Lipinski definition) is 4. The van der Waals surface area contributed by atoms with Crippen molar-refractivity contribution in [3.63, 3.8) is 0 Å². The summed E-state index contributed by atoms with van der Waals surface area (Å²) in [4.78, 5) is 6.65. The second-order valence-corrected chi connectivity index (χ2v) is 4.17. The van der Waals surface area contributed by atoms with Crippen LogP contribution < -0.4 is 4.89 Å². The lowest BCUT2D eigenvalue weighted by Crippen LogP contribution is -2.46. The van der Waals surface area contributed by atoms with Crippen molar-refractivity contribution in [1.29, 1.82) is 0 Å². The van der Waals surface area contributed by atoms with Gasteiger partial charge in [0.15, 0.2) is 0 Å². The molecule has 0 radical (unpaired) electrons. The minimum atomic E-state index is -3.46. The fourth-order valence-corrected chi connectivity index (χ4v) is 1.98. The Hall–Kier alpha value is -0.210. The van der Waals surface area contributed by atoms with Crippen molar-refractivity contribution in [2.45, 2.75) is 6.92 Å². The SMILES string of the molecule is CCONS(=O)(=O)N1CCOCC1. The maximum absolute atomic E-state index is 11.4. The van der Waals surface area contributed by atoms with Crippen LogP contribution in [0.5, 0.6) is 0 Å². The van der Waals surface area contributed by atoms with Crippen molar-refractivity contribution in [3.05, 3.63) is 0 Å². The van der Waals surface area contributed by atoms with E-state index in [1.54, 1.807) is 6.92 Å². The molecule has 0 saturated carbocycles. The first-order valence-corrected chi connectivity index (χ1v) is 5.57. The Morgan fingerprint density at radius 3 is 2.62 bits per heavy atom. The largest absolute Gasteiger partial charge is 0.379 e. The normalized spacial score (nSPS) is 20.4. The predicted octanol–water partition coefficient (Wildman–Crippen LogP) is -0.895. The average Bonchev–Trinajstić information content (AvgIpc) is 2.16. The van der Waals surface area contributed by atoms with E-state index in [0.717, 1.165) is 0 Å². The van der Waals surface area contributed by atoms with Crippen LogP contribution in [0, 0.1) is 0 Å². The Kier molecular flexibility index (Phi) is 4.07. The molecule has 0 aromatic rings. The van der Waals surface area contributed by atoms with Gasteiger partial charge < -0.3 is 4.74 Å². The van der Waals surface area contributed by atoms with Gasteiger partial charge in [-0.05, 0) is 6.92 Å². The number of hydrogen-bond donors (Lipinski definition) is 1. The molecule has 1 aliphatic heterocycles. The quantitative estimate of drug-likeness (QED) is 0.611. The van der Waals surface area contributed by atoms with Gasteiger partial charge >= 0.3 is 10.2 Å². The van der Waals surface area contributed by atoms with E-state index in [-0.39, 0.29) is 0 Å². The molecule has 1 rings (SSSR count). The maximum atomic E-state index is 11.4. The van der Waals surface area contributed by atoms with Gasteiger partial charge in [-0.1, -0.05) is 4.89 Å². The van der Waals surface area contributed by atoms with Crippen molar-refractivity contribution in [2.24, 2.45) is 0 Å². The summed E-state index contributed by atoms with van der Waals surface area (Å²) in [6.45, 7) is 3.65. The summed E-state index contributed by atoms with van der Waals surface area (Å²) in [5.74, 6) is 0. The highest BCUT2D eigenvalue weighted by Crippen LogP contribution is 2.02. The minimum absolute atomic E-state index is 0.309. The molecule has 1 aliphatic rings. The molecule has 7 heteroatoms. The highest BCUT2D eigenvalue weighted by atomic mass is 32.2. The first-order valence-electron chi connectivity index (χ1n) is 4.13. The van der Waals surface area contributed by atoms with Gasteiger partial charge in [0.05, 0.1) is 19.8 Å². The van der Waals surface area contributed by atoms with E-state index in [0.29, 0.717) is 32.9 Å². The van der Waals surface area contributed by atoms with Gasteiger partial charge in [0, 0.05) is 13.1 Å². The van der Waals surface area contributed by atoms with Crippen molar-refractivity contribution >= 4 is 10.2 Å². The van der Waals surface area contributed by atoms with Gasteiger partial charge in [-0.25, -0.2) is 0 Å². The molecule has 0 amide bonds. The van der Waals surface area contributed by atoms with Crippen LogP contribution in [0.15, 0.2) is 0 Å². The van der Waals surface area contributed by atoms with E-state index >= 15 is 0 Å². The van der Waals surface area contributed by atoms with Crippen LogP contribution in [0.3, 0.4) is 0 Å². The highest BCUT2D eigenvalue weighted by molar-refractivity contribution is 7.87. The standard InChI is InChI=1S/C6H14N2O4S/c1-2-12-7-13(9,10)8-3-5-11-6-4-8/h7H,2-6H2,1H3. The number of ether oxygens (including phenoxy) is 1. The second-order valence-electron chi connectivity index (χ2n) is 2.53. The third-order valence-corrected chi connectivity index (χ3v) is 2.99. The van der Waals surface area contributed by atoms with Gasteiger partial charge in [-0.2, -0.15) is 12.7 Å². The molecule has 0 atom stereocenters. The number of nitrogens with one attached hydrogen (secondary N) is 1. The molecule has 13 heavy (non-hydrogen) atoms. The third-order valence-electron chi connectivity index (χ3n) is 1.62. The molecule has 0 unspecified atom stereocenters. The van der Waals surface area contributed by atoms with Crippen molar-refractivity contribution < 1.29 is 18.0 Å². The summed E-state index contributed by atoms with van der Waals surface area (Å²) in [6, 6.07) is 0. The Morgan fingerprint density at radius 2 is 2.08 bits per heavy atom. The lowest BCUT2D eigenvalue weighted by molar-refractivity contribution is 0.0611. The zero-order valence-electron chi connectivity index (χ0n) is 7.52. The van der Waals surface area contributed by atoms with E-state index in [4.69, 9.17) is 4.74 Å². The molecule has 0 aromatic carbocycles. The predicted molar refractivity (Wildman–Crippen MR) is 46.1 cm³/mol. The van der Waals surface area contributed by atoms with Gasteiger partial charge in [-0.3, -0.25) is 4.84 Å². The zero-order chi connectivity index (χ0) is 9.73. The van der Waals surface area contributed by atoms with E-state index in [1.807, 2.05) is 4.89 Å². The summed E-state index contributed by atoms with van der Waals surface area (Å²) in [6.07, 6.45) is 0. The molecule has 0 aliphatic carbocycles. The van der Waals surface area contributed by atoms with E-state index in [1.165, 1.54) is 4.31 Å². The lowest BCUT2D eigenvalue weighted by atomic mass is 10.5. The first-order chi connectivity index (χ1) is 6.17. The van der Waals surface area contributed by atoms with Gasteiger partial charge in [0.2, 0.25) is 0 Å². The molecule has 0 spiro atoms. The summed E-state index contributed by atoms with van der Waals surface area (Å²) in [5.41, 5.74) is 0. The Bertz CT molecular complexity index is 235. The second kappa shape index (κ2) is 4.87. The number of morpholine rings is 1. The molecule has 1 fully saturated rings. The third kappa shape index (κ3) is 3.20. The van der Waals surface area contributed by atoms with Crippen molar-refractivity contribution in [1.82, 2.24) is 9.19 Å². The Balaban J connectivity index is 2.47. The van der Waals surface area contributed by atoms with Gasteiger partial charge in [0.1, 0.15) is 0 Å². The summed E-state index contributed by atoms with van der Waals surface area (Å²) < 4.78 is 29.1. The maximum Gasteiger partial charge on any atom is 0.301 e. The highest BCUT2D eigenvalue weighted by Gasteiger charge is 2.23. The fourth-order valence-electron chi connectivity index (χ4n) is 0.973. The fraction of sp³-hybridized carbons (Fsp3) is 1.00. The van der Waals surface area contributed by atoms with Crippen molar-refractivity contribution in [2.75, 3.05) is 32.9 Å². The molecule has 0 bridgehead atoms. The number of rotatable bonds is 4. The van der Waals surface area contributed by atoms with E-state index < -0.39 is 10.2 Å². The van der Waals surface area contributed by atoms with Gasteiger partial charge in [-0.15, -0.1) is 0 Å². The van der Waals surface area contributed by atoms with Crippen LogP contribution in [0.4, 0.5) is 0 Å². The van der Waals surface area contributed by atoms with Gasteiger partial charge in [0.25, 0.3) is 0 Å². The first kappa shape index (κ1) is 10.9. The summed E-state index contributed by atoms with van der Waals surface area (Å²) >= 11 is 0. The zero-order valence-corrected chi connectivity index (χ0v) is 8.34. The minimum Gasteiger partial charge on any atom is -0.379 e. The monoisotopic (exact) mass is 210 g/mol. The van der Waals surface area contributed by atoms with Crippen LogP contribution in [-0.4, -0.2) is 45.6 Å². The Labute approximate surface area is 77.9 Å². The van der Waals surface area contributed by atoms with Crippen LogP contribution in [-0.2, 0) is 19.8 Å². The van der Waals surface area contributed by atoms with Crippen molar-refractivity contribution in [3.8, 4) is 0 Å². The molecule has 1 heterocycles. The molecule has 1 saturated heterocycles. The topological polar surface area (TPSA) is 67.9 Å². The summed E-state index contributed by atoms with van der Waals surface area (Å²) in [7, 11) is -3.46. The lowest BCUT2D eigenvalue weighted by Gasteiger charge is -2.25. The number of nitrogens with zero attached hydrogens (tertiary/aromatic N) is 1. The Morgan fingerprint density at radius 1 is 1.46 bits per heavy atom. The smallest absolute Gasteiger partial charge is 0.301 e. The van der Waals surface area contributed by atoms with Crippen LogP contribution >= 0.6 is 0 Å². The molecule has 0 aromatic heterocycles. The summed E-state index contributed by atoms with van der Waals surface area (Å²) in [5, 5.41) is 0. The molecule has 1 N–H and O–H groups in total. The van der Waals surface area contributed by atoms with Crippen LogP contribution in [0.1, 0.15) is 6.92 Å². The van der Waals surface area contributed by atoms with E-state index in [9.17, 15) is 8.42 Å². The van der Waals surface area contributed by atoms with Crippen LogP contribution in [0.2, 0.25) is 0 Å². The molecular weight excluding hydrogens is 196 g/mol. The average molecular weight is 210 g/mol. The molecule has 6 nitrogen and oxygen atoms in total. The van der Waals surface area contributed by atoms with E-state index in [2.05, 4.69) is 4.84 Å². The molecular formula is C6H14N2O4S. The van der Waals surface area contributed by atoms with Crippen LogP contribution in [0.25, 0.3) is 0 Å².